The first kappa shape index (κ1) is 22.6. The third kappa shape index (κ3) is 5.16. The lowest BCUT2D eigenvalue weighted by Gasteiger charge is -2.25. The Hall–Kier alpha value is -2.06. The summed E-state index contributed by atoms with van der Waals surface area (Å²) in [6.07, 6.45) is 5.37. The van der Waals surface area contributed by atoms with Crippen LogP contribution in [0.2, 0.25) is 5.02 Å². The highest BCUT2D eigenvalue weighted by atomic mass is 35.5. The number of ether oxygens (including phenoxy) is 1. The monoisotopic (exact) mass is 452 g/mol. The number of imide groups is 1. The molecule has 1 saturated carbocycles. The number of hydrogen-bond acceptors (Lipinski definition) is 6. The molecule has 1 aromatic carbocycles. The highest BCUT2D eigenvalue weighted by Crippen LogP contribution is 2.39. The normalized spacial score (nSPS) is 21.9. The van der Waals surface area contributed by atoms with Crippen LogP contribution in [-0.2, 0) is 23.9 Å². The zero-order valence-electron chi connectivity index (χ0n) is 16.8. The molecule has 1 N–H and O–H groups in total. The molecule has 0 unspecified atom stereocenters. The fourth-order valence-electron chi connectivity index (χ4n) is 4.07. The van der Waals surface area contributed by atoms with Gasteiger partial charge in [-0.2, -0.15) is 11.8 Å². The third-order valence-corrected chi connectivity index (χ3v) is 6.39. The summed E-state index contributed by atoms with van der Waals surface area (Å²) >= 11 is 7.40. The summed E-state index contributed by atoms with van der Waals surface area (Å²) in [5, 5.41) is 3.06. The van der Waals surface area contributed by atoms with E-state index in [0.717, 1.165) is 17.7 Å². The van der Waals surface area contributed by atoms with E-state index in [9.17, 15) is 19.2 Å². The first-order valence-corrected chi connectivity index (χ1v) is 11.8. The number of halogens is 1. The number of rotatable bonds is 8. The Morgan fingerprint density at radius 3 is 2.50 bits per heavy atom. The molecule has 30 heavy (non-hydrogen) atoms. The summed E-state index contributed by atoms with van der Waals surface area (Å²) in [4.78, 5) is 51.7. The van der Waals surface area contributed by atoms with Gasteiger partial charge in [-0.05, 0) is 49.5 Å². The Morgan fingerprint density at radius 2 is 1.90 bits per heavy atom. The SMILES string of the molecule is CSCC[C@H](C(=O)OCC(=O)Nc1cccc(Cl)c1)N1C(=O)[C@@H]2CCCC[C@H]2C1=O. The molecule has 0 radical (unpaired) electrons. The molecule has 0 bridgehead atoms. The molecule has 2 fully saturated rings. The Bertz CT molecular complexity index is 809. The molecule has 9 heteroatoms. The lowest BCUT2D eigenvalue weighted by Crippen LogP contribution is -2.47. The summed E-state index contributed by atoms with van der Waals surface area (Å²) in [5.74, 6) is -1.90. The predicted molar refractivity (Wildman–Crippen MR) is 115 cm³/mol. The molecule has 1 saturated heterocycles. The van der Waals surface area contributed by atoms with Gasteiger partial charge in [0.05, 0.1) is 11.8 Å². The first-order chi connectivity index (χ1) is 14.4. The van der Waals surface area contributed by atoms with Crippen LogP contribution in [0.3, 0.4) is 0 Å². The van der Waals surface area contributed by atoms with Crippen molar-refractivity contribution in [2.24, 2.45) is 11.8 Å². The number of carbonyl (C=O) groups excluding carboxylic acids is 4. The molecule has 162 valence electrons. The molecule has 3 amide bonds. The highest BCUT2D eigenvalue weighted by molar-refractivity contribution is 7.98. The van der Waals surface area contributed by atoms with E-state index in [1.165, 1.54) is 11.8 Å². The van der Waals surface area contributed by atoms with Gasteiger partial charge in [-0.3, -0.25) is 19.3 Å². The lowest BCUT2D eigenvalue weighted by atomic mass is 9.81. The lowest BCUT2D eigenvalue weighted by molar-refractivity contribution is -0.160. The molecular formula is C21H25ClN2O5S. The van der Waals surface area contributed by atoms with Crippen LogP contribution in [0.25, 0.3) is 0 Å². The minimum atomic E-state index is -0.998. The molecule has 3 atom stereocenters. The molecule has 0 spiro atoms. The van der Waals surface area contributed by atoms with Gasteiger partial charge in [-0.25, -0.2) is 4.79 Å². The van der Waals surface area contributed by atoms with Crippen molar-refractivity contribution >= 4 is 52.7 Å². The molecular weight excluding hydrogens is 428 g/mol. The first-order valence-electron chi connectivity index (χ1n) is 10.00. The second kappa shape index (κ2) is 10.3. The second-order valence-electron chi connectivity index (χ2n) is 7.51. The minimum Gasteiger partial charge on any atom is -0.454 e. The van der Waals surface area contributed by atoms with Crippen molar-refractivity contribution in [3.05, 3.63) is 29.3 Å². The molecule has 7 nitrogen and oxygen atoms in total. The summed E-state index contributed by atoms with van der Waals surface area (Å²) in [7, 11) is 0. The predicted octanol–water partition coefficient (Wildman–Crippen LogP) is 3.12. The maximum Gasteiger partial charge on any atom is 0.329 e. The average Bonchev–Trinajstić information content (AvgIpc) is 2.98. The number of carbonyl (C=O) groups is 4. The van der Waals surface area contributed by atoms with Crippen LogP contribution >= 0.6 is 23.4 Å². The molecule has 1 heterocycles. The Morgan fingerprint density at radius 1 is 1.23 bits per heavy atom. The van der Waals surface area contributed by atoms with Gasteiger partial charge < -0.3 is 10.1 Å². The van der Waals surface area contributed by atoms with E-state index in [1.54, 1.807) is 24.3 Å². The van der Waals surface area contributed by atoms with Crippen LogP contribution in [0.15, 0.2) is 24.3 Å². The smallest absolute Gasteiger partial charge is 0.329 e. The molecule has 1 aliphatic carbocycles. The summed E-state index contributed by atoms with van der Waals surface area (Å²) < 4.78 is 5.19. The number of esters is 1. The zero-order chi connectivity index (χ0) is 21.7. The van der Waals surface area contributed by atoms with Crippen molar-refractivity contribution in [1.82, 2.24) is 4.90 Å². The van der Waals surface area contributed by atoms with E-state index in [0.29, 0.717) is 35.7 Å². The average molecular weight is 453 g/mol. The van der Waals surface area contributed by atoms with Crippen LogP contribution in [0.5, 0.6) is 0 Å². The number of fused-ring (bicyclic) bond motifs is 1. The molecule has 1 aromatic rings. The van der Waals surface area contributed by atoms with Crippen LogP contribution in [0.1, 0.15) is 32.1 Å². The fourth-order valence-corrected chi connectivity index (χ4v) is 4.72. The van der Waals surface area contributed by atoms with Crippen molar-refractivity contribution in [2.45, 2.75) is 38.1 Å². The number of benzene rings is 1. The maximum atomic E-state index is 12.9. The van der Waals surface area contributed by atoms with E-state index in [1.807, 2.05) is 6.26 Å². The van der Waals surface area contributed by atoms with Gasteiger partial charge in [0.25, 0.3) is 5.91 Å². The van der Waals surface area contributed by atoms with Crippen LogP contribution in [0, 0.1) is 11.8 Å². The van der Waals surface area contributed by atoms with Crippen molar-refractivity contribution in [2.75, 3.05) is 23.9 Å². The van der Waals surface area contributed by atoms with E-state index < -0.39 is 24.5 Å². The topological polar surface area (TPSA) is 92.8 Å². The van der Waals surface area contributed by atoms with Crippen LogP contribution in [0.4, 0.5) is 5.69 Å². The number of amides is 3. The fraction of sp³-hybridized carbons (Fsp3) is 0.524. The number of nitrogens with one attached hydrogen (secondary N) is 1. The molecule has 3 rings (SSSR count). The van der Waals surface area contributed by atoms with E-state index in [2.05, 4.69) is 5.32 Å². The van der Waals surface area contributed by atoms with Crippen LogP contribution in [-0.4, -0.2) is 53.2 Å². The zero-order valence-corrected chi connectivity index (χ0v) is 18.3. The Labute approximate surface area is 184 Å². The van der Waals surface area contributed by atoms with E-state index in [4.69, 9.17) is 16.3 Å². The summed E-state index contributed by atoms with van der Waals surface area (Å²) in [6.45, 7) is -0.510. The minimum absolute atomic E-state index is 0.281. The van der Waals surface area contributed by atoms with Crippen LogP contribution < -0.4 is 5.32 Å². The van der Waals surface area contributed by atoms with Crippen molar-refractivity contribution in [1.29, 1.82) is 0 Å². The van der Waals surface area contributed by atoms with E-state index in [-0.39, 0.29) is 23.7 Å². The molecule has 0 aromatic heterocycles. The summed E-state index contributed by atoms with van der Waals surface area (Å²) in [5.41, 5.74) is 0.483. The number of hydrogen-bond donors (Lipinski definition) is 1. The number of nitrogens with zero attached hydrogens (tertiary/aromatic N) is 1. The van der Waals surface area contributed by atoms with Crippen molar-refractivity contribution in [3.8, 4) is 0 Å². The Balaban J connectivity index is 1.64. The number of thioether (sulfide) groups is 1. The second-order valence-corrected chi connectivity index (χ2v) is 8.93. The number of likely N-dealkylation sites (tertiary alicyclic amines) is 1. The van der Waals surface area contributed by atoms with Crippen molar-refractivity contribution < 1.29 is 23.9 Å². The van der Waals surface area contributed by atoms with Gasteiger partial charge in [0, 0.05) is 10.7 Å². The van der Waals surface area contributed by atoms with Gasteiger partial charge in [0.1, 0.15) is 6.04 Å². The third-order valence-electron chi connectivity index (χ3n) is 5.51. The summed E-state index contributed by atoms with van der Waals surface area (Å²) in [6, 6.07) is 5.60. The van der Waals surface area contributed by atoms with Crippen molar-refractivity contribution in [3.63, 3.8) is 0 Å². The molecule has 2 aliphatic rings. The highest BCUT2D eigenvalue weighted by Gasteiger charge is 2.52. The van der Waals surface area contributed by atoms with Gasteiger partial charge in [-0.15, -0.1) is 0 Å². The van der Waals surface area contributed by atoms with Gasteiger partial charge in [0.2, 0.25) is 11.8 Å². The van der Waals surface area contributed by atoms with E-state index >= 15 is 0 Å². The molecule has 1 aliphatic heterocycles. The van der Waals surface area contributed by atoms with Gasteiger partial charge >= 0.3 is 5.97 Å². The number of anilines is 1. The van der Waals surface area contributed by atoms with Gasteiger partial charge in [-0.1, -0.05) is 30.5 Å². The largest absolute Gasteiger partial charge is 0.454 e. The quantitative estimate of drug-likeness (QED) is 0.481. The maximum absolute atomic E-state index is 12.9. The Kier molecular flexibility index (Phi) is 7.77. The van der Waals surface area contributed by atoms with Gasteiger partial charge in [0.15, 0.2) is 6.61 Å². The standard InChI is InChI=1S/C21H25ClN2O5S/c1-30-10-9-17(24-19(26)15-7-2-3-8-16(15)20(24)27)21(28)29-12-18(25)23-14-6-4-5-13(22)11-14/h4-6,11,15-17H,2-3,7-10,12H2,1H3,(H,23,25)/t15-,16-,17-/m1/s1.